The number of primary amides is 1. The van der Waals surface area contributed by atoms with Crippen molar-refractivity contribution in [3.8, 4) is 11.5 Å². The first-order chi connectivity index (χ1) is 9.13. The van der Waals surface area contributed by atoms with Crippen molar-refractivity contribution in [1.29, 1.82) is 0 Å². The largest absolute Gasteiger partial charge is 0.436 e. The zero-order chi connectivity index (χ0) is 13.4. The molecule has 1 aromatic heterocycles. The Morgan fingerprint density at radius 1 is 1.16 bits per heavy atom. The lowest BCUT2D eigenvalue weighted by Crippen LogP contribution is -2.10. The number of carbonyl (C=O) groups is 1. The van der Waals surface area contributed by atoms with Crippen LogP contribution >= 0.6 is 0 Å². The Morgan fingerprint density at radius 2 is 1.89 bits per heavy atom. The Labute approximate surface area is 107 Å². The summed E-state index contributed by atoms with van der Waals surface area (Å²) in [4.78, 5) is 15.3. The van der Waals surface area contributed by atoms with Crippen LogP contribution in [0.3, 0.4) is 0 Å². The summed E-state index contributed by atoms with van der Waals surface area (Å²) < 4.78 is 18.4. The average Bonchev–Trinajstić information content (AvgIpc) is 2.82. The molecule has 0 radical (unpaired) electrons. The zero-order valence-corrected chi connectivity index (χ0v) is 9.76. The Bertz CT molecular complexity index is 763. The van der Waals surface area contributed by atoms with Gasteiger partial charge in [0.2, 0.25) is 11.8 Å². The van der Waals surface area contributed by atoms with E-state index in [1.54, 1.807) is 24.3 Å². The highest BCUT2D eigenvalue weighted by molar-refractivity contribution is 5.96. The molecule has 0 fully saturated rings. The number of benzene rings is 2. The third-order valence-electron chi connectivity index (χ3n) is 2.76. The summed E-state index contributed by atoms with van der Waals surface area (Å²) >= 11 is 0. The van der Waals surface area contributed by atoms with Gasteiger partial charge in [-0.25, -0.2) is 9.37 Å². The van der Waals surface area contributed by atoms with E-state index in [9.17, 15) is 9.18 Å². The van der Waals surface area contributed by atoms with E-state index < -0.39 is 5.91 Å². The van der Waals surface area contributed by atoms with Crippen molar-refractivity contribution < 1.29 is 13.6 Å². The van der Waals surface area contributed by atoms with Gasteiger partial charge in [-0.2, -0.15) is 0 Å². The third-order valence-corrected chi connectivity index (χ3v) is 2.76. The zero-order valence-electron chi connectivity index (χ0n) is 9.76. The maximum Gasteiger partial charge on any atom is 0.248 e. The van der Waals surface area contributed by atoms with Crippen molar-refractivity contribution in [1.82, 2.24) is 4.98 Å². The van der Waals surface area contributed by atoms with Gasteiger partial charge in [0.15, 0.2) is 5.58 Å². The van der Waals surface area contributed by atoms with Crippen LogP contribution < -0.4 is 5.73 Å². The number of nitrogens with zero attached hydrogens (tertiary/aromatic N) is 1. The molecule has 19 heavy (non-hydrogen) atoms. The molecule has 0 aliphatic rings. The number of hydrogen-bond acceptors (Lipinski definition) is 3. The number of carbonyl (C=O) groups excluding carboxylic acids is 1. The average molecular weight is 256 g/mol. The van der Waals surface area contributed by atoms with Crippen molar-refractivity contribution in [2.75, 3.05) is 0 Å². The first kappa shape index (κ1) is 11.4. The van der Waals surface area contributed by atoms with Crippen LogP contribution in [0.1, 0.15) is 10.4 Å². The normalized spacial score (nSPS) is 10.8. The number of oxazole rings is 1. The summed E-state index contributed by atoms with van der Waals surface area (Å²) in [7, 11) is 0. The van der Waals surface area contributed by atoms with Crippen molar-refractivity contribution in [2.45, 2.75) is 0 Å². The Morgan fingerprint density at radius 3 is 2.58 bits per heavy atom. The van der Waals surface area contributed by atoms with Crippen molar-refractivity contribution in [2.24, 2.45) is 5.73 Å². The van der Waals surface area contributed by atoms with Crippen molar-refractivity contribution >= 4 is 17.0 Å². The predicted octanol–water partition coefficient (Wildman–Crippen LogP) is 2.73. The van der Waals surface area contributed by atoms with E-state index in [0.717, 1.165) is 0 Å². The summed E-state index contributed by atoms with van der Waals surface area (Å²) in [6, 6.07) is 10.6. The third kappa shape index (κ3) is 2.06. The number of halogens is 1. The van der Waals surface area contributed by atoms with Gasteiger partial charge in [0.05, 0.1) is 0 Å². The van der Waals surface area contributed by atoms with Gasteiger partial charge in [-0.15, -0.1) is 0 Å². The highest BCUT2D eigenvalue weighted by Gasteiger charge is 2.10. The monoisotopic (exact) mass is 256 g/mol. The summed E-state index contributed by atoms with van der Waals surface area (Å²) in [6.07, 6.45) is 0. The fourth-order valence-corrected chi connectivity index (χ4v) is 1.79. The van der Waals surface area contributed by atoms with E-state index >= 15 is 0 Å². The second-order valence-corrected chi connectivity index (χ2v) is 4.07. The minimum atomic E-state index is -0.526. The van der Waals surface area contributed by atoms with Crippen LogP contribution in [0.5, 0.6) is 0 Å². The smallest absolute Gasteiger partial charge is 0.248 e. The Kier molecular flexibility index (Phi) is 2.52. The van der Waals surface area contributed by atoms with Gasteiger partial charge in [0.25, 0.3) is 0 Å². The lowest BCUT2D eigenvalue weighted by Gasteiger charge is -1.93. The van der Waals surface area contributed by atoms with Gasteiger partial charge in [-0.3, -0.25) is 4.79 Å². The lowest BCUT2D eigenvalue weighted by atomic mass is 10.2. The fraction of sp³-hybridized carbons (Fsp3) is 0. The molecule has 0 saturated carbocycles. The van der Waals surface area contributed by atoms with Crippen LogP contribution in [0.2, 0.25) is 0 Å². The molecular weight excluding hydrogens is 247 g/mol. The number of hydrogen-bond donors (Lipinski definition) is 1. The second-order valence-electron chi connectivity index (χ2n) is 4.07. The second kappa shape index (κ2) is 4.20. The van der Waals surface area contributed by atoms with Gasteiger partial charge in [-0.05, 0) is 42.5 Å². The molecule has 2 N–H and O–H groups in total. The molecule has 0 bridgehead atoms. The highest BCUT2D eigenvalue weighted by atomic mass is 19.1. The molecule has 0 saturated heterocycles. The van der Waals surface area contributed by atoms with E-state index in [0.29, 0.717) is 28.1 Å². The highest BCUT2D eigenvalue weighted by Crippen LogP contribution is 2.25. The van der Waals surface area contributed by atoms with Crippen LogP contribution in [0.15, 0.2) is 46.9 Å². The molecule has 1 amide bonds. The van der Waals surface area contributed by atoms with Crippen LogP contribution in [0.25, 0.3) is 22.6 Å². The maximum atomic E-state index is 12.8. The molecule has 0 atom stereocenters. The van der Waals surface area contributed by atoms with Gasteiger partial charge in [0, 0.05) is 11.1 Å². The molecule has 5 heteroatoms. The van der Waals surface area contributed by atoms with Crippen LogP contribution in [-0.2, 0) is 0 Å². The van der Waals surface area contributed by atoms with E-state index in [1.165, 1.54) is 18.2 Å². The molecule has 3 rings (SSSR count). The number of fused-ring (bicyclic) bond motifs is 1. The van der Waals surface area contributed by atoms with Crippen LogP contribution in [0, 0.1) is 5.82 Å². The Balaban J connectivity index is 2.11. The minimum Gasteiger partial charge on any atom is -0.436 e. The van der Waals surface area contributed by atoms with Crippen molar-refractivity contribution in [3.63, 3.8) is 0 Å². The van der Waals surface area contributed by atoms with Gasteiger partial charge < -0.3 is 10.2 Å². The van der Waals surface area contributed by atoms with Crippen LogP contribution in [-0.4, -0.2) is 10.9 Å². The number of rotatable bonds is 2. The molecule has 4 nitrogen and oxygen atoms in total. The van der Waals surface area contributed by atoms with E-state index in [2.05, 4.69) is 4.98 Å². The molecule has 0 unspecified atom stereocenters. The summed E-state index contributed by atoms with van der Waals surface area (Å²) in [5.74, 6) is -0.478. The molecule has 0 spiro atoms. The van der Waals surface area contributed by atoms with Gasteiger partial charge in [-0.1, -0.05) is 0 Å². The molecule has 0 aliphatic carbocycles. The fourth-order valence-electron chi connectivity index (χ4n) is 1.79. The topological polar surface area (TPSA) is 69.1 Å². The number of aromatic nitrogens is 1. The van der Waals surface area contributed by atoms with Crippen LogP contribution in [0.4, 0.5) is 4.39 Å². The van der Waals surface area contributed by atoms with E-state index in [-0.39, 0.29) is 5.82 Å². The quantitative estimate of drug-likeness (QED) is 0.766. The molecule has 1 heterocycles. The molecule has 3 aromatic rings. The van der Waals surface area contributed by atoms with Crippen molar-refractivity contribution in [3.05, 3.63) is 53.8 Å². The molecule has 2 aromatic carbocycles. The van der Waals surface area contributed by atoms with E-state index in [1.807, 2.05) is 0 Å². The molecule has 0 aliphatic heterocycles. The minimum absolute atomic E-state index is 0.323. The van der Waals surface area contributed by atoms with Gasteiger partial charge in [0.1, 0.15) is 11.3 Å². The van der Waals surface area contributed by atoms with E-state index in [4.69, 9.17) is 10.2 Å². The summed E-state index contributed by atoms with van der Waals surface area (Å²) in [5, 5.41) is 0. The SMILES string of the molecule is NC(=O)c1ccc2nc(-c3ccc(F)cc3)oc2c1. The Hall–Kier alpha value is -2.69. The first-order valence-electron chi connectivity index (χ1n) is 5.60. The first-order valence-corrected chi connectivity index (χ1v) is 5.60. The summed E-state index contributed by atoms with van der Waals surface area (Å²) in [5.41, 5.74) is 7.30. The lowest BCUT2D eigenvalue weighted by molar-refractivity contribution is 0.100. The molecule has 94 valence electrons. The standard InChI is InChI=1S/C14H9FN2O2/c15-10-4-1-8(2-5-10)14-17-11-6-3-9(13(16)18)7-12(11)19-14/h1-7H,(H2,16,18). The number of nitrogens with two attached hydrogens (primary N) is 1. The molecular formula is C14H9FN2O2. The number of amides is 1. The predicted molar refractivity (Wildman–Crippen MR) is 67.9 cm³/mol. The maximum absolute atomic E-state index is 12.8. The summed E-state index contributed by atoms with van der Waals surface area (Å²) in [6.45, 7) is 0. The van der Waals surface area contributed by atoms with Gasteiger partial charge >= 0.3 is 0 Å².